The lowest BCUT2D eigenvalue weighted by Crippen LogP contribution is -2.32. The van der Waals surface area contributed by atoms with Gasteiger partial charge in [-0.1, -0.05) is 16.8 Å². The molecule has 0 radical (unpaired) electrons. The number of benzene rings is 2. The number of sulfonamides is 1. The van der Waals surface area contributed by atoms with Crippen molar-refractivity contribution in [2.75, 3.05) is 0 Å². The fourth-order valence-corrected chi connectivity index (χ4v) is 3.62. The van der Waals surface area contributed by atoms with Crippen LogP contribution in [0.5, 0.6) is 0 Å². The minimum atomic E-state index is -4.61. The normalized spacial score (nSPS) is 11.5. The van der Waals surface area contributed by atoms with E-state index in [9.17, 15) is 26.4 Å². The van der Waals surface area contributed by atoms with Crippen molar-refractivity contribution in [2.45, 2.75) is 11.8 Å². The maximum Gasteiger partial charge on any atom is 0.287 e. The van der Waals surface area contributed by atoms with Gasteiger partial charge in [0.2, 0.25) is 0 Å². The number of hydrogen-bond donors (Lipinski definition) is 1. The molecule has 0 spiro atoms. The monoisotopic (exact) mass is 430 g/mol. The first kappa shape index (κ1) is 19.8. The van der Waals surface area contributed by atoms with Crippen LogP contribution in [0.15, 0.2) is 41.3 Å². The third kappa shape index (κ3) is 3.71. The summed E-state index contributed by atoms with van der Waals surface area (Å²) in [6, 6.07) is 5.48. The Morgan fingerprint density at radius 1 is 1.11 bits per heavy atom. The second-order valence-corrected chi connectivity index (χ2v) is 7.63. The van der Waals surface area contributed by atoms with E-state index in [1.54, 1.807) is 4.72 Å². The van der Waals surface area contributed by atoms with Crippen molar-refractivity contribution in [3.63, 3.8) is 0 Å². The van der Waals surface area contributed by atoms with Crippen LogP contribution in [0.1, 0.15) is 16.2 Å². The number of nitrogens with zero attached hydrogens (tertiary/aromatic N) is 3. The molecule has 3 rings (SSSR count). The van der Waals surface area contributed by atoms with Crippen LogP contribution in [0, 0.1) is 24.4 Å². The smallest absolute Gasteiger partial charge is 0.266 e. The quantitative estimate of drug-likeness (QED) is 0.687. The number of carbonyl (C=O) groups excluding carboxylic acids is 1. The summed E-state index contributed by atoms with van der Waals surface area (Å²) in [4.78, 5) is 11.5. The van der Waals surface area contributed by atoms with Crippen LogP contribution in [0.25, 0.3) is 5.69 Å². The van der Waals surface area contributed by atoms with Crippen molar-refractivity contribution in [1.29, 1.82) is 0 Å². The molecule has 1 aromatic heterocycles. The summed E-state index contributed by atoms with van der Waals surface area (Å²) in [5.74, 6) is -4.11. The number of aromatic nitrogens is 3. The second-order valence-electron chi connectivity index (χ2n) is 5.54. The minimum Gasteiger partial charge on any atom is -0.266 e. The van der Waals surface area contributed by atoms with Crippen LogP contribution in [0.4, 0.5) is 13.2 Å². The molecule has 2 aromatic carbocycles. The molecule has 1 heterocycles. The Labute approximate surface area is 161 Å². The van der Waals surface area contributed by atoms with Gasteiger partial charge in [-0.15, -0.1) is 5.10 Å². The summed E-state index contributed by atoms with van der Waals surface area (Å²) in [5, 5.41) is 7.06. The molecular formula is C16H10ClF3N4O3S. The highest BCUT2D eigenvalue weighted by atomic mass is 35.5. The van der Waals surface area contributed by atoms with Crippen LogP contribution in [-0.2, 0) is 10.0 Å². The zero-order valence-corrected chi connectivity index (χ0v) is 15.5. The highest BCUT2D eigenvalue weighted by molar-refractivity contribution is 7.90. The standard InChI is InChI=1S/C16H10ClF3N4O3S/c1-8-15(21-23-24(8)13-5-3-10(18)7-12(13)20)16(25)22-28(26,27)14-6-9(17)2-4-11(14)19/h2-7H,1H3,(H,22,25). The fourth-order valence-electron chi connectivity index (χ4n) is 2.33. The first-order valence-corrected chi connectivity index (χ1v) is 9.36. The van der Waals surface area contributed by atoms with Gasteiger partial charge in [0.25, 0.3) is 15.9 Å². The van der Waals surface area contributed by atoms with Gasteiger partial charge in [0.15, 0.2) is 11.5 Å². The van der Waals surface area contributed by atoms with Crippen LogP contribution in [0.3, 0.4) is 0 Å². The summed E-state index contributed by atoms with van der Waals surface area (Å²) in [7, 11) is -4.61. The molecule has 146 valence electrons. The molecule has 0 fully saturated rings. The van der Waals surface area contributed by atoms with Crippen molar-refractivity contribution in [3.05, 3.63) is 70.3 Å². The van der Waals surface area contributed by atoms with Crippen LogP contribution >= 0.6 is 11.6 Å². The largest absolute Gasteiger partial charge is 0.287 e. The van der Waals surface area contributed by atoms with E-state index in [0.29, 0.717) is 6.07 Å². The van der Waals surface area contributed by atoms with Gasteiger partial charge in [-0.2, -0.15) is 0 Å². The summed E-state index contributed by atoms with van der Waals surface area (Å²) in [6.07, 6.45) is 0. The van der Waals surface area contributed by atoms with E-state index in [0.717, 1.165) is 35.0 Å². The summed E-state index contributed by atoms with van der Waals surface area (Å²) in [6.45, 7) is 1.32. The number of carbonyl (C=O) groups is 1. The van der Waals surface area contributed by atoms with Gasteiger partial charge < -0.3 is 0 Å². The summed E-state index contributed by atoms with van der Waals surface area (Å²) < 4.78 is 67.9. The molecule has 0 aliphatic rings. The zero-order chi connectivity index (χ0) is 20.6. The average molecular weight is 431 g/mol. The van der Waals surface area contributed by atoms with Gasteiger partial charge in [0.1, 0.15) is 22.2 Å². The Kier molecular flexibility index (Phi) is 5.13. The minimum absolute atomic E-state index is 0.0234. The number of hydrogen-bond acceptors (Lipinski definition) is 5. The molecule has 7 nitrogen and oxygen atoms in total. The van der Waals surface area contributed by atoms with E-state index in [4.69, 9.17) is 11.6 Å². The van der Waals surface area contributed by atoms with Crippen LogP contribution in [0.2, 0.25) is 5.02 Å². The van der Waals surface area contributed by atoms with E-state index in [1.165, 1.54) is 6.92 Å². The maximum atomic E-state index is 13.9. The molecule has 0 aliphatic heterocycles. The van der Waals surface area contributed by atoms with E-state index < -0.39 is 44.0 Å². The number of nitrogens with one attached hydrogen (secondary N) is 1. The molecule has 0 saturated heterocycles. The molecule has 1 N–H and O–H groups in total. The van der Waals surface area contributed by atoms with Gasteiger partial charge in [-0.25, -0.2) is 31.0 Å². The van der Waals surface area contributed by atoms with E-state index in [2.05, 4.69) is 10.3 Å². The topological polar surface area (TPSA) is 93.9 Å². The van der Waals surface area contributed by atoms with Crippen LogP contribution < -0.4 is 4.72 Å². The molecule has 0 unspecified atom stereocenters. The van der Waals surface area contributed by atoms with Gasteiger partial charge >= 0.3 is 0 Å². The summed E-state index contributed by atoms with van der Waals surface area (Å²) >= 11 is 5.67. The molecule has 0 aliphatic carbocycles. The summed E-state index contributed by atoms with van der Waals surface area (Å²) in [5.41, 5.74) is -0.672. The lowest BCUT2D eigenvalue weighted by atomic mass is 10.2. The predicted octanol–water partition coefficient (Wildman–Crippen LogP) is 2.77. The highest BCUT2D eigenvalue weighted by Crippen LogP contribution is 2.21. The fraction of sp³-hybridized carbons (Fsp3) is 0.0625. The van der Waals surface area contributed by atoms with Crippen LogP contribution in [-0.4, -0.2) is 29.3 Å². The first-order valence-electron chi connectivity index (χ1n) is 7.50. The highest BCUT2D eigenvalue weighted by Gasteiger charge is 2.26. The molecule has 0 atom stereocenters. The molecule has 1 amide bonds. The van der Waals surface area contributed by atoms with Crippen molar-refractivity contribution in [2.24, 2.45) is 0 Å². The number of rotatable bonds is 4. The third-order valence-electron chi connectivity index (χ3n) is 3.66. The number of amides is 1. The van der Waals surface area contributed by atoms with E-state index >= 15 is 0 Å². The molecule has 3 aromatic rings. The van der Waals surface area contributed by atoms with Crippen molar-refractivity contribution < 1.29 is 26.4 Å². The Hall–Kier alpha value is -2.92. The van der Waals surface area contributed by atoms with Gasteiger partial charge in [0, 0.05) is 11.1 Å². The predicted molar refractivity (Wildman–Crippen MR) is 92.1 cm³/mol. The second kappa shape index (κ2) is 7.24. The maximum absolute atomic E-state index is 13.9. The van der Waals surface area contributed by atoms with Crippen molar-refractivity contribution >= 4 is 27.5 Å². The van der Waals surface area contributed by atoms with Gasteiger partial charge in [-0.3, -0.25) is 4.79 Å². The molecule has 0 bridgehead atoms. The Morgan fingerprint density at radius 2 is 1.82 bits per heavy atom. The molecule has 0 saturated carbocycles. The Balaban J connectivity index is 1.94. The Morgan fingerprint density at radius 3 is 2.50 bits per heavy atom. The van der Waals surface area contributed by atoms with Crippen molar-refractivity contribution in [3.8, 4) is 5.69 Å². The third-order valence-corrected chi connectivity index (χ3v) is 5.24. The molecule has 12 heteroatoms. The average Bonchev–Trinajstić information content (AvgIpc) is 2.98. The SMILES string of the molecule is Cc1c(C(=O)NS(=O)(=O)c2cc(Cl)ccc2F)nnn1-c1ccc(F)cc1F. The van der Waals surface area contributed by atoms with Gasteiger partial charge in [0.05, 0.1) is 5.69 Å². The lowest BCUT2D eigenvalue weighted by molar-refractivity contribution is 0.0976. The van der Waals surface area contributed by atoms with E-state index in [-0.39, 0.29) is 16.4 Å². The zero-order valence-electron chi connectivity index (χ0n) is 14.0. The Bertz CT molecular complexity index is 1200. The number of halogens is 4. The molecule has 28 heavy (non-hydrogen) atoms. The lowest BCUT2D eigenvalue weighted by Gasteiger charge is -2.08. The first-order chi connectivity index (χ1) is 13.1. The van der Waals surface area contributed by atoms with Gasteiger partial charge in [-0.05, 0) is 37.3 Å². The van der Waals surface area contributed by atoms with E-state index in [1.807, 2.05) is 0 Å². The molecular weight excluding hydrogens is 421 g/mol. The van der Waals surface area contributed by atoms with Crippen molar-refractivity contribution in [1.82, 2.24) is 19.7 Å².